The minimum Gasteiger partial charge on any atom is -0.290 e. The predicted molar refractivity (Wildman–Crippen MR) is 50.6 cm³/mol. The topological polar surface area (TPSA) is 17.1 Å². The van der Waals surface area contributed by atoms with Crippen molar-refractivity contribution in [2.24, 2.45) is 0 Å². The predicted octanol–water partition coefficient (Wildman–Crippen LogP) is 1.69. The third kappa shape index (κ3) is 2.43. The van der Waals surface area contributed by atoms with Crippen LogP contribution in [0.4, 0.5) is 0 Å². The highest BCUT2D eigenvalue weighted by Crippen LogP contribution is 1.96. The molecule has 0 bridgehead atoms. The van der Waals surface area contributed by atoms with Crippen molar-refractivity contribution in [2.45, 2.75) is 0 Å². The highest BCUT2D eigenvalue weighted by molar-refractivity contribution is 5.51. The van der Waals surface area contributed by atoms with Crippen LogP contribution >= 0.6 is 0 Å². The first-order valence-corrected chi connectivity index (χ1v) is 3.56. The third-order valence-electron chi connectivity index (χ3n) is 1.36. The van der Waals surface area contributed by atoms with Crippen molar-refractivity contribution in [1.29, 1.82) is 0 Å². The standard InChI is InChI=1S/C11H8O/c1-2-3-5-10-6-4-7-11(12)9-8-10/h1,3-9H/b5-3+. The molecule has 1 aromatic carbocycles. The Kier molecular flexibility index (Phi) is 2.87. The SMILES string of the molecule is C#C/C=C/c1cccc(=O)cc1. The highest BCUT2D eigenvalue weighted by atomic mass is 16.1. The zero-order valence-electron chi connectivity index (χ0n) is 6.53. The molecule has 0 saturated carbocycles. The van der Waals surface area contributed by atoms with Gasteiger partial charge in [0.25, 0.3) is 0 Å². The quantitative estimate of drug-likeness (QED) is 0.565. The average molecular weight is 156 g/mol. The molecule has 0 heterocycles. The smallest absolute Gasteiger partial charge is 0.178 e. The van der Waals surface area contributed by atoms with Crippen molar-refractivity contribution in [3.05, 3.63) is 52.2 Å². The zero-order chi connectivity index (χ0) is 8.81. The fourth-order valence-corrected chi connectivity index (χ4v) is 0.799. The van der Waals surface area contributed by atoms with Gasteiger partial charge in [-0.3, -0.25) is 4.79 Å². The van der Waals surface area contributed by atoms with Crippen LogP contribution in [0.2, 0.25) is 0 Å². The molecule has 0 atom stereocenters. The molecule has 0 aromatic heterocycles. The molecule has 1 aromatic rings. The first-order valence-electron chi connectivity index (χ1n) is 3.56. The minimum atomic E-state index is -0.00430. The van der Waals surface area contributed by atoms with Crippen molar-refractivity contribution in [3.63, 3.8) is 0 Å². The van der Waals surface area contributed by atoms with Crippen LogP contribution in [0.3, 0.4) is 0 Å². The second kappa shape index (κ2) is 4.15. The van der Waals surface area contributed by atoms with E-state index < -0.39 is 0 Å². The van der Waals surface area contributed by atoms with Crippen LogP contribution in [0.15, 0.2) is 41.2 Å². The van der Waals surface area contributed by atoms with E-state index >= 15 is 0 Å². The maximum Gasteiger partial charge on any atom is 0.178 e. The van der Waals surface area contributed by atoms with Crippen LogP contribution in [-0.2, 0) is 0 Å². The number of rotatable bonds is 1. The molecule has 0 amide bonds. The van der Waals surface area contributed by atoms with Gasteiger partial charge in [0.05, 0.1) is 0 Å². The summed E-state index contributed by atoms with van der Waals surface area (Å²) < 4.78 is 0. The van der Waals surface area contributed by atoms with Gasteiger partial charge in [-0.25, -0.2) is 0 Å². The molecule has 1 heteroatoms. The molecule has 0 aliphatic rings. The van der Waals surface area contributed by atoms with E-state index in [-0.39, 0.29) is 5.43 Å². The number of hydrogen-bond acceptors (Lipinski definition) is 1. The lowest BCUT2D eigenvalue weighted by Gasteiger charge is -1.80. The monoisotopic (exact) mass is 156 g/mol. The summed E-state index contributed by atoms with van der Waals surface area (Å²) in [5.74, 6) is 2.38. The number of terminal acetylenes is 1. The van der Waals surface area contributed by atoms with Crippen molar-refractivity contribution in [3.8, 4) is 12.3 Å². The zero-order valence-corrected chi connectivity index (χ0v) is 6.53. The maximum absolute atomic E-state index is 10.8. The third-order valence-corrected chi connectivity index (χ3v) is 1.36. The van der Waals surface area contributed by atoms with Crippen molar-refractivity contribution in [2.75, 3.05) is 0 Å². The Hall–Kier alpha value is -1.81. The van der Waals surface area contributed by atoms with Gasteiger partial charge in [0.1, 0.15) is 0 Å². The van der Waals surface area contributed by atoms with Gasteiger partial charge in [-0.05, 0) is 29.8 Å². The highest BCUT2D eigenvalue weighted by Gasteiger charge is 1.81. The normalized spacial score (nSPS) is 9.58. The van der Waals surface area contributed by atoms with Gasteiger partial charge >= 0.3 is 0 Å². The van der Waals surface area contributed by atoms with E-state index in [0.717, 1.165) is 5.56 Å². The van der Waals surface area contributed by atoms with Crippen LogP contribution in [0.25, 0.3) is 6.08 Å². The largest absolute Gasteiger partial charge is 0.290 e. The molecule has 12 heavy (non-hydrogen) atoms. The Morgan fingerprint density at radius 2 is 2.08 bits per heavy atom. The van der Waals surface area contributed by atoms with E-state index in [1.54, 1.807) is 24.3 Å². The molecule has 0 radical (unpaired) electrons. The lowest BCUT2D eigenvalue weighted by atomic mass is 10.2. The fraction of sp³-hybridized carbons (Fsp3) is 0. The fourth-order valence-electron chi connectivity index (χ4n) is 0.799. The average Bonchev–Trinajstić information content (AvgIpc) is 2.27. The van der Waals surface area contributed by atoms with Gasteiger partial charge in [0.2, 0.25) is 0 Å². The van der Waals surface area contributed by atoms with E-state index in [0.29, 0.717) is 0 Å². The molecule has 0 fully saturated rings. The Morgan fingerprint density at radius 3 is 2.83 bits per heavy atom. The van der Waals surface area contributed by atoms with Gasteiger partial charge in [0, 0.05) is 0 Å². The summed E-state index contributed by atoms with van der Waals surface area (Å²) >= 11 is 0. The second-order valence-corrected chi connectivity index (χ2v) is 2.26. The van der Waals surface area contributed by atoms with E-state index in [2.05, 4.69) is 5.92 Å². The van der Waals surface area contributed by atoms with Gasteiger partial charge in [-0.2, -0.15) is 0 Å². The molecule has 0 aliphatic carbocycles. The van der Waals surface area contributed by atoms with Gasteiger partial charge in [-0.1, -0.05) is 24.1 Å². The summed E-state index contributed by atoms with van der Waals surface area (Å²) in [7, 11) is 0. The van der Waals surface area contributed by atoms with Crippen LogP contribution in [-0.4, -0.2) is 0 Å². The molecule has 0 aliphatic heterocycles. The molecule has 1 rings (SSSR count). The van der Waals surface area contributed by atoms with E-state index in [4.69, 9.17) is 6.42 Å². The minimum absolute atomic E-state index is 0.00430. The van der Waals surface area contributed by atoms with E-state index in [1.807, 2.05) is 6.07 Å². The summed E-state index contributed by atoms with van der Waals surface area (Å²) in [6.45, 7) is 0. The second-order valence-electron chi connectivity index (χ2n) is 2.26. The summed E-state index contributed by atoms with van der Waals surface area (Å²) in [6.07, 6.45) is 8.41. The molecule has 0 unspecified atom stereocenters. The van der Waals surface area contributed by atoms with Gasteiger partial charge in [0.15, 0.2) is 5.43 Å². The number of allylic oxidation sites excluding steroid dienone is 1. The lowest BCUT2D eigenvalue weighted by Crippen LogP contribution is -1.87. The van der Waals surface area contributed by atoms with Crippen LogP contribution < -0.4 is 5.43 Å². The van der Waals surface area contributed by atoms with Crippen LogP contribution in [0.5, 0.6) is 0 Å². The van der Waals surface area contributed by atoms with Crippen molar-refractivity contribution in [1.82, 2.24) is 0 Å². The Morgan fingerprint density at radius 1 is 1.25 bits per heavy atom. The Bertz CT molecular complexity index is 383. The van der Waals surface area contributed by atoms with Gasteiger partial charge < -0.3 is 0 Å². The van der Waals surface area contributed by atoms with E-state index in [9.17, 15) is 4.79 Å². The summed E-state index contributed by atoms with van der Waals surface area (Å²) in [5, 5.41) is 0. The Labute approximate surface area is 71.4 Å². The Balaban J connectivity index is 3.07. The first kappa shape index (κ1) is 8.29. The first-order chi connectivity index (χ1) is 5.83. The van der Waals surface area contributed by atoms with Crippen molar-refractivity contribution >= 4 is 6.08 Å². The van der Waals surface area contributed by atoms with Crippen LogP contribution in [0.1, 0.15) is 5.56 Å². The molecule has 58 valence electrons. The van der Waals surface area contributed by atoms with E-state index in [1.165, 1.54) is 12.1 Å². The summed E-state index contributed by atoms with van der Waals surface area (Å²) in [4.78, 5) is 10.8. The van der Waals surface area contributed by atoms with Gasteiger partial charge in [-0.15, -0.1) is 6.42 Å². The molecular weight excluding hydrogens is 148 g/mol. The molecule has 0 N–H and O–H groups in total. The maximum atomic E-state index is 10.8. The summed E-state index contributed by atoms with van der Waals surface area (Å²) in [5.41, 5.74) is 0.922. The van der Waals surface area contributed by atoms with Crippen molar-refractivity contribution < 1.29 is 0 Å². The molecule has 0 saturated heterocycles. The molecular formula is C11H8O. The summed E-state index contributed by atoms with van der Waals surface area (Å²) in [6, 6.07) is 8.29. The number of hydrogen-bond donors (Lipinski definition) is 0. The molecule has 1 nitrogen and oxygen atoms in total. The molecule has 0 spiro atoms. The van der Waals surface area contributed by atoms with Crippen LogP contribution in [0, 0.1) is 12.3 Å². The lowest BCUT2D eigenvalue weighted by molar-refractivity contribution is 1.68.